The first-order chi connectivity index (χ1) is 6.83. The number of morpholine rings is 1. The van der Waals surface area contributed by atoms with Crippen LogP contribution >= 0.6 is 11.8 Å². The fourth-order valence-corrected chi connectivity index (χ4v) is 2.12. The van der Waals surface area contributed by atoms with Gasteiger partial charge in [0.2, 0.25) is 6.19 Å². The Balaban J connectivity index is 2.71. The van der Waals surface area contributed by atoms with Gasteiger partial charge in [-0.15, -0.1) is 4.99 Å². The normalized spacial score (nSPS) is 23.4. The fourth-order valence-electron chi connectivity index (χ4n) is 1.51. The third-order valence-electron chi connectivity index (χ3n) is 2.27. The zero-order valence-electron chi connectivity index (χ0n) is 8.56. The maximum atomic E-state index is 8.55. The Hall–Kier alpha value is -0.730. The molecule has 1 atom stereocenters. The van der Waals surface area contributed by atoms with Crippen molar-refractivity contribution in [1.82, 2.24) is 4.90 Å². The number of hydrogen-bond donors (Lipinski definition) is 0. The van der Waals surface area contributed by atoms with Gasteiger partial charge in [-0.05, 0) is 12.7 Å². The average molecular weight is 213 g/mol. The molecule has 0 bridgehead atoms. The summed E-state index contributed by atoms with van der Waals surface area (Å²) in [6.07, 6.45) is 4.81. The van der Waals surface area contributed by atoms with Gasteiger partial charge in [-0.3, -0.25) is 0 Å². The Kier molecular flexibility index (Phi) is 4.77. The molecule has 0 aromatic heterocycles. The molecule has 0 amide bonds. The molecule has 14 heavy (non-hydrogen) atoms. The maximum absolute atomic E-state index is 8.55. The molecule has 1 saturated heterocycles. The van der Waals surface area contributed by atoms with E-state index in [1.54, 1.807) is 0 Å². The smallest absolute Gasteiger partial charge is 0.208 e. The molecule has 5 heteroatoms. The van der Waals surface area contributed by atoms with Gasteiger partial charge in [-0.2, -0.15) is 5.26 Å². The molecule has 78 valence electrons. The molecule has 0 aromatic carbocycles. The van der Waals surface area contributed by atoms with Crippen molar-refractivity contribution in [2.24, 2.45) is 4.99 Å². The summed E-state index contributed by atoms with van der Waals surface area (Å²) < 4.78 is 5.39. The minimum atomic E-state index is 0.364. The van der Waals surface area contributed by atoms with Gasteiger partial charge < -0.3 is 9.64 Å². The van der Waals surface area contributed by atoms with Crippen LogP contribution in [0.1, 0.15) is 13.3 Å². The molecule has 1 unspecified atom stereocenters. The number of amidine groups is 1. The van der Waals surface area contributed by atoms with Crippen LogP contribution in [-0.4, -0.2) is 42.1 Å². The molecule has 1 aliphatic heterocycles. The molecule has 4 nitrogen and oxygen atoms in total. The van der Waals surface area contributed by atoms with Crippen LogP contribution in [0.25, 0.3) is 0 Å². The van der Waals surface area contributed by atoms with E-state index in [1.807, 2.05) is 12.4 Å². The van der Waals surface area contributed by atoms with Crippen molar-refractivity contribution in [3.05, 3.63) is 0 Å². The van der Waals surface area contributed by atoms with Gasteiger partial charge in [0.25, 0.3) is 0 Å². The summed E-state index contributed by atoms with van der Waals surface area (Å²) in [4.78, 5) is 5.98. The molecule has 0 radical (unpaired) electrons. The van der Waals surface area contributed by atoms with E-state index < -0.39 is 0 Å². The molecule has 0 saturated carbocycles. The second kappa shape index (κ2) is 5.89. The van der Waals surface area contributed by atoms with Crippen LogP contribution in [0.3, 0.4) is 0 Å². The van der Waals surface area contributed by atoms with Crippen molar-refractivity contribution in [3.8, 4) is 6.19 Å². The van der Waals surface area contributed by atoms with E-state index in [1.165, 1.54) is 11.8 Å². The summed E-state index contributed by atoms with van der Waals surface area (Å²) in [7, 11) is 0. The Morgan fingerprint density at radius 3 is 3.14 bits per heavy atom. The third-order valence-corrected chi connectivity index (χ3v) is 2.96. The van der Waals surface area contributed by atoms with Crippen LogP contribution in [0.2, 0.25) is 0 Å². The monoisotopic (exact) mass is 213 g/mol. The highest BCUT2D eigenvalue weighted by molar-refractivity contribution is 8.13. The number of ether oxygens (including phenoxy) is 1. The van der Waals surface area contributed by atoms with Gasteiger partial charge in [0.15, 0.2) is 5.17 Å². The van der Waals surface area contributed by atoms with E-state index in [4.69, 9.17) is 10.00 Å². The van der Waals surface area contributed by atoms with Crippen molar-refractivity contribution in [2.75, 3.05) is 26.0 Å². The Labute approximate surface area is 88.9 Å². The minimum Gasteiger partial charge on any atom is -0.377 e. The van der Waals surface area contributed by atoms with Crippen LogP contribution < -0.4 is 0 Å². The SMILES string of the molecule is CCC1COCCN1C(=NC#N)SC. The van der Waals surface area contributed by atoms with E-state index in [0.717, 1.165) is 31.3 Å². The molecule has 0 spiro atoms. The second-order valence-electron chi connectivity index (χ2n) is 3.03. The highest BCUT2D eigenvalue weighted by Crippen LogP contribution is 2.15. The minimum absolute atomic E-state index is 0.364. The maximum Gasteiger partial charge on any atom is 0.208 e. The van der Waals surface area contributed by atoms with E-state index in [2.05, 4.69) is 16.8 Å². The number of aliphatic imine (C=N–C) groups is 1. The lowest BCUT2D eigenvalue weighted by Crippen LogP contribution is -2.47. The first-order valence-corrected chi connectivity index (χ1v) is 5.91. The Morgan fingerprint density at radius 1 is 1.79 bits per heavy atom. The largest absolute Gasteiger partial charge is 0.377 e. The summed E-state index contributed by atoms with van der Waals surface area (Å²) >= 11 is 1.52. The van der Waals surface area contributed by atoms with Gasteiger partial charge in [-0.25, -0.2) is 0 Å². The highest BCUT2D eigenvalue weighted by atomic mass is 32.2. The molecule has 1 aliphatic rings. The van der Waals surface area contributed by atoms with Crippen molar-refractivity contribution in [1.29, 1.82) is 5.26 Å². The third kappa shape index (κ3) is 2.63. The van der Waals surface area contributed by atoms with E-state index in [-0.39, 0.29) is 0 Å². The summed E-state index contributed by atoms with van der Waals surface area (Å²) in [5, 5.41) is 9.36. The molecule has 1 fully saturated rings. The molecule has 0 N–H and O–H groups in total. The lowest BCUT2D eigenvalue weighted by Gasteiger charge is -2.36. The van der Waals surface area contributed by atoms with Crippen LogP contribution in [0.15, 0.2) is 4.99 Å². The zero-order chi connectivity index (χ0) is 10.4. The van der Waals surface area contributed by atoms with E-state index in [9.17, 15) is 0 Å². The number of nitrogens with zero attached hydrogens (tertiary/aromatic N) is 3. The summed E-state index contributed by atoms with van der Waals surface area (Å²) in [6, 6.07) is 0.364. The average Bonchev–Trinajstić information content (AvgIpc) is 2.26. The van der Waals surface area contributed by atoms with Crippen molar-refractivity contribution < 1.29 is 4.74 Å². The van der Waals surface area contributed by atoms with E-state index in [0.29, 0.717) is 6.04 Å². The van der Waals surface area contributed by atoms with Crippen LogP contribution in [0.5, 0.6) is 0 Å². The standard InChI is InChI=1S/C9H15N3OS/c1-3-8-6-13-5-4-12(8)9(14-2)11-7-10/h8H,3-6H2,1-2H3. The van der Waals surface area contributed by atoms with Gasteiger partial charge >= 0.3 is 0 Å². The topological polar surface area (TPSA) is 48.6 Å². The van der Waals surface area contributed by atoms with Crippen molar-refractivity contribution in [2.45, 2.75) is 19.4 Å². The molecular formula is C9H15N3OS. The summed E-state index contributed by atoms with van der Waals surface area (Å²) in [5.74, 6) is 0. The van der Waals surface area contributed by atoms with Crippen LogP contribution in [0.4, 0.5) is 0 Å². The lowest BCUT2D eigenvalue weighted by atomic mass is 10.2. The summed E-state index contributed by atoms with van der Waals surface area (Å²) in [5.41, 5.74) is 0. The van der Waals surface area contributed by atoms with E-state index >= 15 is 0 Å². The van der Waals surface area contributed by atoms with Crippen molar-refractivity contribution in [3.63, 3.8) is 0 Å². The number of hydrogen-bond acceptors (Lipinski definition) is 4. The molecule has 0 aliphatic carbocycles. The molecular weight excluding hydrogens is 198 g/mol. The van der Waals surface area contributed by atoms with Gasteiger partial charge in [0, 0.05) is 6.54 Å². The van der Waals surface area contributed by atoms with Gasteiger partial charge in [0.05, 0.1) is 19.3 Å². The lowest BCUT2D eigenvalue weighted by molar-refractivity contribution is 0.0267. The quantitative estimate of drug-likeness (QED) is 0.374. The predicted molar refractivity (Wildman–Crippen MR) is 58.2 cm³/mol. The van der Waals surface area contributed by atoms with Crippen molar-refractivity contribution >= 4 is 16.9 Å². The highest BCUT2D eigenvalue weighted by Gasteiger charge is 2.23. The summed E-state index contributed by atoms with van der Waals surface area (Å²) in [6.45, 7) is 4.42. The molecule has 1 heterocycles. The number of rotatable bonds is 1. The van der Waals surface area contributed by atoms with Gasteiger partial charge in [0.1, 0.15) is 0 Å². The second-order valence-corrected chi connectivity index (χ2v) is 3.80. The van der Waals surface area contributed by atoms with Crippen LogP contribution in [-0.2, 0) is 4.74 Å². The van der Waals surface area contributed by atoms with Crippen LogP contribution in [0, 0.1) is 11.5 Å². The predicted octanol–water partition coefficient (Wildman–Crippen LogP) is 1.30. The first-order valence-electron chi connectivity index (χ1n) is 4.68. The Morgan fingerprint density at radius 2 is 2.57 bits per heavy atom. The number of thioether (sulfide) groups is 1. The number of nitriles is 1. The van der Waals surface area contributed by atoms with Gasteiger partial charge in [-0.1, -0.05) is 18.7 Å². The molecule has 0 aromatic rings. The zero-order valence-corrected chi connectivity index (χ0v) is 9.38. The first kappa shape index (κ1) is 11.3. The molecule has 1 rings (SSSR count). The Bertz CT molecular complexity index is 249. The fraction of sp³-hybridized carbons (Fsp3) is 0.778.